The Kier molecular flexibility index (Phi) is 5.68. The summed E-state index contributed by atoms with van der Waals surface area (Å²) in [6.45, 7) is 0.340. The van der Waals surface area contributed by atoms with Crippen molar-refractivity contribution in [3.05, 3.63) is 76.7 Å². The van der Waals surface area contributed by atoms with Crippen LogP contribution in [0.3, 0.4) is 0 Å². The zero-order valence-electron chi connectivity index (χ0n) is 17.2. The summed E-state index contributed by atoms with van der Waals surface area (Å²) in [6, 6.07) is 13.8. The standard InChI is InChI=1S/C24H25FN2O3/c1-26(2)27-21-4-3-5-22(28)24(21)20(14-23(27)29)17-8-12-19(13-9-17)30-15-16-6-10-18(25)11-7-16/h6-13,20H,3-5,14-15H2,1-2H3. The molecule has 0 spiro atoms. The SMILES string of the molecule is CN(C)N1C(=O)CC(c2ccc(OCc3ccc(F)cc3)cc2)C2=C1CCCC2=O. The molecule has 156 valence electrons. The smallest absolute Gasteiger partial charge is 0.242 e. The van der Waals surface area contributed by atoms with Gasteiger partial charge in [0.2, 0.25) is 5.91 Å². The first kappa shape index (κ1) is 20.3. The van der Waals surface area contributed by atoms with Gasteiger partial charge in [-0.1, -0.05) is 24.3 Å². The molecule has 4 rings (SSSR count). The maximum atomic E-state index is 13.0. The van der Waals surface area contributed by atoms with Crippen molar-refractivity contribution in [3.8, 4) is 5.75 Å². The average Bonchev–Trinajstić information content (AvgIpc) is 2.73. The van der Waals surface area contributed by atoms with Gasteiger partial charge in [-0.25, -0.2) is 14.4 Å². The van der Waals surface area contributed by atoms with Gasteiger partial charge in [0.25, 0.3) is 0 Å². The molecule has 1 aliphatic carbocycles. The molecule has 2 aromatic carbocycles. The van der Waals surface area contributed by atoms with E-state index < -0.39 is 0 Å². The van der Waals surface area contributed by atoms with Gasteiger partial charge in [-0.3, -0.25) is 9.59 Å². The van der Waals surface area contributed by atoms with Crippen molar-refractivity contribution in [2.24, 2.45) is 0 Å². The normalized spacial score (nSPS) is 19.3. The van der Waals surface area contributed by atoms with E-state index in [2.05, 4.69) is 0 Å². The fourth-order valence-electron chi connectivity index (χ4n) is 4.27. The third kappa shape index (κ3) is 4.00. The maximum absolute atomic E-state index is 13.0. The van der Waals surface area contributed by atoms with E-state index in [0.717, 1.165) is 35.2 Å². The number of ketones is 1. The summed E-state index contributed by atoms with van der Waals surface area (Å²) in [5, 5.41) is 3.42. The van der Waals surface area contributed by atoms with Crippen molar-refractivity contribution >= 4 is 11.7 Å². The Morgan fingerprint density at radius 1 is 1.03 bits per heavy atom. The molecular formula is C24H25FN2O3. The molecule has 0 saturated carbocycles. The topological polar surface area (TPSA) is 49.9 Å². The number of hydrazine groups is 1. The highest BCUT2D eigenvalue weighted by Crippen LogP contribution is 2.42. The highest BCUT2D eigenvalue weighted by molar-refractivity contribution is 6.01. The summed E-state index contributed by atoms with van der Waals surface area (Å²) in [4.78, 5) is 25.6. The maximum Gasteiger partial charge on any atom is 0.242 e. The summed E-state index contributed by atoms with van der Waals surface area (Å²) in [7, 11) is 3.66. The number of amides is 1. The van der Waals surface area contributed by atoms with Crippen LogP contribution in [-0.2, 0) is 16.2 Å². The van der Waals surface area contributed by atoms with E-state index in [-0.39, 0.29) is 29.8 Å². The molecule has 1 aliphatic heterocycles. The third-order valence-corrected chi connectivity index (χ3v) is 5.65. The van der Waals surface area contributed by atoms with Gasteiger partial charge in [0.1, 0.15) is 18.2 Å². The molecule has 2 aliphatic rings. The lowest BCUT2D eigenvalue weighted by Crippen LogP contribution is -2.47. The van der Waals surface area contributed by atoms with E-state index in [1.54, 1.807) is 22.2 Å². The zero-order chi connectivity index (χ0) is 21.3. The van der Waals surface area contributed by atoms with Crippen LogP contribution in [0.25, 0.3) is 0 Å². The van der Waals surface area contributed by atoms with Gasteiger partial charge in [-0.15, -0.1) is 0 Å². The molecule has 0 bridgehead atoms. The zero-order valence-corrected chi connectivity index (χ0v) is 17.2. The van der Waals surface area contributed by atoms with E-state index in [1.165, 1.54) is 12.1 Å². The number of carbonyl (C=O) groups excluding carboxylic acids is 2. The second-order valence-corrected chi connectivity index (χ2v) is 7.93. The average molecular weight is 408 g/mol. The Bertz CT molecular complexity index is 981. The molecule has 5 nitrogen and oxygen atoms in total. The summed E-state index contributed by atoms with van der Waals surface area (Å²) < 4.78 is 18.8. The van der Waals surface area contributed by atoms with E-state index >= 15 is 0 Å². The molecule has 0 radical (unpaired) electrons. The van der Waals surface area contributed by atoms with Crippen molar-refractivity contribution in [1.29, 1.82) is 0 Å². The Hall–Kier alpha value is -2.99. The van der Waals surface area contributed by atoms with Crippen molar-refractivity contribution in [2.75, 3.05) is 14.1 Å². The Morgan fingerprint density at radius 3 is 2.40 bits per heavy atom. The van der Waals surface area contributed by atoms with Crippen LogP contribution in [0.4, 0.5) is 4.39 Å². The van der Waals surface area contributed by atoms with E-state index in [4.69, 9.17) is 4.74 Å². The predicted octanol–water partition coefficient (Wildman–Crippen LogP) is 4.20. The van der Waals surface area contributed by atoms with E-state index in [1.807, 2.05) is 38.4 Å². The fraction of sp³-hybridized carbons (Fsp3) is 0.333. The number of benzene rings is 2. The lowest BCUT2D eigenvalue weighted by atomic mass is 9.77. The Balaban J connectivity index is 1.55. The summed E-state index contributed by atoms with van der Waals surface area (Å²) >= 11 is 0. The first-order valence-electron chi connectivity index (χ1n) is 10.2. The monoisotopic (exact) mass is 408 g/mol. The van der Waals surface area contributed by atoms with Crippen LogP contribution in [0.1, 0.15) is 42.7 Å². The predicted molar refractivity (Wildman–Crippen MR) is 111 cm³/mol. The number of hydrogen-bond donors (Lipinski definition) is 0. The Labute approximate surface area is 175 Å². The number of halogens is 1. The van der Waals surface area contributed by atoms with Gasteiger partial charge >= 0.3 is 0 Å². The van der Waals surface area contributed by atoms with Crippen molar-refractivity contribution in [3.63, 3.8) is 0 Å². The number of carbonyl (C=O) groups is 2. The van der Waals surface area contributed by atoms with Gasteiger partial charge in [0.15, 0.2) is 5.78 Å². The molecule has 1 amide bonds. The van der Waals surface area contributed by atoms with Crippen LogP contribution in [0.15, 0.2) is 59.8 Å². The lowest BCUT2D eigenvalue weighted by molar-refractivity contribution is -0.143. The molecule has 0 fully saturated rings. The van der Waals surface area contributed by atoms with Crippen LogP contribution < -0.4 is 4.74 Å². The summed E-state index contributed by atoms with van der Waals surface area (Å²) in [5.74, 6) is 0.336. The van der Waals surface area contributed by atoms with Gasteiger partial charge < -0.3 is 4.74 Å². The quantitative estimate of drug-likeness (QED) is 0.744. The van der Waals surface area contributed by atoms with E-state index in [9.17, 15) is 14.0 Å². The van der Waals surface area contributed by atoms with Gasteiger partial charge in [0, 0.05) is 44.1 Å². The van der Waals surface area contributed by atoms with Gasteiger partial charge in [-0.2, -0.15) is 0 Å². The lowest BCUT2D eigenvalue weighted by Gasteiger charge is -2.41. The van der Waals surface area contributed by atoms with Crippen molar-refractivity contribution < 1.29 is 18.7 Å². The molecule has 30 heavy (non-hydrogen) atoms. The number of Topliss-reactive ketones (excluding diaryl/α,β-unsaturated/α-hetero) is 1. The number of hydrogen-bond acceptors (Lipinski definition) is 4. The van der Waals surface area contributed by atoms with Crippen molar-refractivity contribution in [1.82, 2.24) is 10.0 Å². The molecular weight excluding hydrogens is 383 g/mol. The summed E-state index contributed by atoms with van der Waals surface area (Å²) in [6.07, 6.45) is 2.32. The minimum atomic E-state index is -0.274. The molecule has 0 saturated heterocycles. The first-order chi connectivity index (χ1) is 14.4. The van der Waals surface area contributed by atoms with E-state index in [0.29, 0.717) is 18.8 Å². The van der Waals surface area contributed by atoms with Gasteiger partial charge in [0.05, 0.1) is 0 Å². The second kappa shape index (κ2) is 8.40. The van der Waals surface area contributed by atoms with Crippen LogP contribution in [-0.4, -0.2) is 35.8 Å². The van der Waals surface area contributed by atoms with Crippen molar-refractivity contribution in [2.45, 2.75) is 38.2 Å². The minimum Gasteiger partial charge on any atom is -0.489 e. The van der Waals surface area contributed by atoms with Crippen LogP contribution in [0.2, 0.25) is 0 Å². The molecule has 1 atom stereocenters. The molecule has 6 heteroatoms. The van der Waals surface area contributed by atoms with Crippen LogP contribution in [0, 0.1) is 5.82 Å². The van der Waals surface area contributed by atoms with Gasteiger partial charge in [-0.05, 0) is 48.2 Å². The molecule has 1 heterocycles. The molecule has 1 unspecified atom stereocenters. The molecule has 0 aromatic heterocycles. The number of nitrogens with zero attached hydrogens (tertiary/aromatic N) is 2. The largest absolute Gasteiger partial charge is 0.489 e. The fourth-order valence-corrected chi connectivity index (χ4v) is 4.27. The first-order valence-corrected chi connectivity index (χ1v) is 10.2. The minimum absolute atomic E-state index is 0.00934. The molecule has 2 aromatic rings. The van der Waals surface area contributed by atoms with Crippen LogP contribution >= 0.6 is 0 Å². The third-order valence-electron chi connectivity index (χ3n) is 5.65. The van der Waals surface area contributed by atoms with Crippen LogP contribution in [0.5, 0.6) is 5.75 Å². The number of ether oxygens (including phenoxy) is 1. The Morgan fingerprint density at radius 2 is 1.73 bits per heavy atom. The summed E-state index contributed by atoms with van der Waals surface area (Å²) in [5.41, 5.74) is 3.44. The second-order valence-electron chi connectivity index (χ2n) is 7.93. The molecule has 0 N–H and O–H groups in total. The number of allylic oxidation sites excluding steroid dienone is 2. The number of rotatable bonds is 5. The highest BCUT2D eigenvalue weighted by Gasteiger charge is 2.39. The highest BCUT2D eigenvalue weighted by atomic mass is 19.1.